The highest BCUT2D eigenvalue weighted by atomic mass is 16.5. The minimum Gasteiger partial charge on any atom is -0.368 e. The van der Waals surface area contributed by atoms with Crippen LogP contribution in [0.2, 0.25) is 0 Å². The molecular weight excluding hydrogens is 442 g/mol. The second-order valence-corrected chi connectivity index (χ2v) is 11.2. The number of hydrogen-bond acceptors (Lipinski definition) is 5. The zero-order valence-electron chi connectivity index (χ0n) is 20.5. The van der Waals surface area contributed by atoms with Gasteiger partial charge in [0.05, 0.1) is 6.10 Å². The molecule has 35 heavy (non-hydrogen) atoms. The molecule has 3 aliphatic heterocycles. The molecule has 3 saturated heterocycles. The van der Waals surface area contributed by atoms with Crippen molar-refractivity contribution in [2.75, 3.05) is 26.2 Å². The molecule has 3 heterocycles. The van der Waals surface area contributed by atoms with E-state index in [4.69, 9.17) is 4.74 Å². The topological polar surface area (TPSA) is 79.0 Å². The average Bonchev–Trinajstić information content (AvgIpc) is 3.26. The van der Waals surface area contributed by atoms with Crippen molar-refractivity contribution in [1.29, 1.82) is 0 Å². The predicted octanol–water partition coefficient (Wildman–Crippen LogP) is 2.89. The SMILES string of the molecule is O=C(N[C@H](C(=O)N1CC[C@H]2OCC(=O)[C@H]21)C1CCCC1)c1ccc(C2CCN(C3CC3)CC2)cc1. The van der Waals surface area contributed by atoms with E-state index < -0.39 is 12.1 Å². The number of carbonyl (C=O) groups is 3. The van der Waals surface area contributed by atoms with Crippen LogP contribution in [-0.4, -0.2) is 77.9 Å². The van der Waals surface area contributed by atoms with E-state index in [1.54, 1.807) is 4.90 Å². The van der Waals surface area contributed by atoms with Gasteiger partial charge in [0.2, 0.25) is 5.91 Å². The van der Waals surface area contributed by atoms with Crippen LogP contribution < -0.4 is 5.32 Å². The van der Waals surface area contributed by atoms with Crippen LogP contribution in [-0.2, 0) is 14.3 Å². The van der Waals surface area contributed by atoms with E-state index in [9.17, 15) is 14.4 Å². The maximum absolute atomic E-state index is 13.6. The number of hydrogen-bond donors (Lipinski definition) is 1. The van der Waals surface area contributed by atoms with Crippen molar-refractivity contribution in [1.82, 2.24) is 15.1 Å². The number of fused-ring (bicyclic) bond motifs is 1. The third kappa shape index (κ3) is 4.65. The van der Waals surface area contributed by atoms with E-state index in [1.807, 2.05) is 12.1 Å². The van der Waals surface area contributed by atoms with Crippen molar-refractivity contribution in [2.24, 2.45) is 5.92 Å². The number of rotatable bonds is 6. The molecule has 0 radical (unpaired) electrons. The zero-order valence-corrected chi connectivity index (χ0v) is 20.5. The lowest BCUT2D eigenvalue weighted by Gasteiger charge is -2.32. The Balaban J connectivity index is 1.12. The van der Waals surface area contributed by atoms with Gasteiger partial charge in [-0.25, -0.2) is 0 Å². The lowest BCUT2D eigenvalue weighted by Crippen LogP contribution is -2.54. The maximum atomic E-state index is 13.6. The molecule has 6 rings (SSSR count). The van der Waals surface area contributed by atoms with Gasteiger partial charge in [-0.1, -0.05) is 25.0 Å². The van der Waals surface area contributed by atoms with Crippen LogP contribution in [0.4, 0.5) is 0 Å². The number of nitrogens with zero attached hydrogens (tertiary/aromatic N) is 2. The summed E-state index contributed by atoms with van der Waals surface area (Å²) >= 11 is 0. The van der Waals surface area contributed by atoms with Crippen LogP contribution >= 0.6 is 0 Å². The normalized spacial score (nSPS) is 28.9. The lowest BCUT2D eigenvalue weighted by molar-refractivity contribution is -0.139. The summed E-state index contributed by atoms with van der Waals surface area (Å²) < 4.78 is 5.57. The fourth-order valence-electron chi connectivity index (χ4n) is 6.86. The highest BCUT2D eigenvalue weighted by molar-refractivity contribution is 5.99. The Hall–Kier alpha value is -2.25. The molecule has 3 atom stereocenters. The second kappa shape index (κ2) is 9.66. The number of nitrogens with one attached hydrogen (secondary N) is 1. The van der Waals surface area contributed by atoms with Crippen LogP contribution in [0.15, 0.2) is 24.3 Å². The molecule has 2 aliphatic carbocycles. The van der Waals surface area contributed by atoms with Gasteiger partial charge >= 0.3 is 0 Å². The molecule has 0 spiro atoms. The maximum Gasteiger partial charge on any atom is 0.251 e. The van der Waals surface area contributed by atoms with Gasteiger partial charge in [-0.15, -0.1) is 0 Å². The molecule has 0 unspecified atom stereocenters. The number of piperidine rings is 1. The first kappa shape index (κ1) is 23.2. The fraction of sp³-hybridized carbons (Fsp3) is 0.679. The lowest BCUT2D eigenvalue weighted by atomic mass is 9.89. The first-order valence-corrected chi connectivity index (χ1v) is 13.7. The second-order valence-electron chi connectivity index (χ2n) is 11.2. The van der Waals surface area contributed by atoms with E-state index in [1.165, 1.54) is 44.3 Å². The number of ketones is 1. The molecule has 1 aromatic carbocycles. The Labute approximate surface area is 207 Å². The van der Waals surface area contributed by atoms with Crippen molar-refractivity contribution in [3.8, 4) is 0 Å². The number of likely N-dealkylation sites (tertiary alicyclic amines) is 2. The van der Waals surface area contributed by atoms with Gasteiger partial charge in [0, 0.05) is 18.2 Å². The van der Waals surface area contributed by atoms with Gasteiger partial charge in [-0.05, 0) is 87.6 Å². The molecule has 2 saturated carbocycles. The Morgan fingerprint density at radius 3 is 2.31 bits per heavy atom. The molecule has 188 valence electrons. The number of carbonyl (C=O) groups excluding carboxylic acids is 3. The third-order valence-electron chi connectivity index (χ3n) is 9.06. The summed E-state index contributed by atoms with van der Waals surface area (Å²) in [6.07, 6.45) is 9.61. The molecular formula is C28H37N3O4. The molecule has 1 aromatic rings. The summed E-state index contributed by atoms with van der Waals surface area (Å²) in [6.45, 7) is 2.96. The fourth-order valence-corrected chi connectivity index (χ4v) is 6.86. The van der Waals surface area contributed by atoms with Gasteiger partial charge in [0.15, 0.2) is 5.78 Å². The van der Waals surface area contributed by atoms with Crippen molar-refractivity contribution in [3.63, 3.8) is 0 Å². The number of ether oxygens (including phenoxy) is 1. The Morgan fingerprint density at radius 2 is 1.63 bits per heavy atom. The number of benzene rings is 1. The molecule has 0 bridgehead atoms. The summed E-state index contributed by atoms with van der Waals surface area (Å²) in [5.41, 5.74) is 1.91. The van der Waals surface area contributed by atoms with E-state index in [-0.39, 0.29) is 36.2 Å². The van der Waals surface area contributed by atoms with Crippen molar-refractivity contribution in [2.45, 2.75) is 87.9 Å². The van der Waals surface area contributed by atoms with Gasteiger partial charge in [0.25, 0.3) is 5.91 Å². The molecule has 0 aromatic heterocycles. The third-order valence-corrected chi connectivity index (χ3v) is 9.06. The van der Waals surface area contributed by atoms with Crippen LogP contribution in [0.1, 0.15) is 79.6 Å². The average molecular weight is 480 g/mol. The molecule has 1 N–H and O–H groups in total. The highest BCUT2D eigenvalue weighted by Crippen LogP contribution is 2.35. The quantitative estimate of drug-likeness (QED) is 0.679. The van der Waals surface area contributed by atoms with Crippen LogP contribution in [0.3, 0.4) is 0 Å². The van der Waals surface area contributed by atoms with Crippen LogP contribution in [0.5, 0.6) is 0 Å². The highest BCUT2D eigenvalue weighted by Gasteiger charge is 2.49. The Morgan fingerprint density at radius 1 is 0.914 bits per heavy atom. The van der Waals surface area contributed by atoms with E-state index in [2.05, 4.69) is 22.3 Å². The smallest absolute Gasteiger partial charge is 0.251 e. The Bertz CT molecular complexity index is 961. The van der Waals surface area contributed by atoms with Gasteiger partial charge < -0.3 is 19.9 Å². The summed E-state index contributed by atoms with van der Waals surface area (Å²) in [4.78, 5) is 43.6. The summed E-state index contributed by atoms with van der Waals surface area (Å²) in [5.74, 6) is 0.352. The monoisotopic (exact) mass is 479 g/mol. The van der Waals surface area contributed by atoms with E-state index in [0.29, 0.717) is 24.4 Å². The van der Waals surface area contributed by atoms with Crippen LogP contribution in [0, 0.1) is 5.92 Å². The predicted molar refractivity (Wildman–Crippen MR) is 131 cm³/mol. The summed E-state index contributed by atoms with van der Waals surface area (Å²) in [6, 6.07) is 7.79. The standard InChI is InChI=1S/C28H37N3O4/c32-23-17-35-24-13-16-31(26(23)24)28(34)25(20-3-1-2-4-20)29-27(33)21-7-5-18(6-8-21)19-11-14-30(15-12-19)22-9-10-22/h5-8,19-20,22,24-26H,1-4,9-17H2,(H,29,33)/t24-,25+,26-/m1/s1. The first-order chi connectivity index (χ1) is 17.1. The van der Waals surface area contributed by atoms with E-state index >= 15 is 0 Å². The van der Waals surface area contributed by atoms with Gasteiger partial charge in [-0.3, -0.25) is 14.4 Å². The van der Waals surface area contributed by atoms with Crippen molar-refractivity contribution in [3.05, 3.63) is 35.4 Å². The van der Waals surface area contributed by atoms with E-state index in [0.717, 1.165) is 31.7 Å². The molecule has 5 aliphatic rings. The first-order valence-electron chi connectivity index (χ1n) is 13.7. The molecule has 7 nitrogen and oxygen atoms in total. The van der Waals surface area contributed by atoms with Crippen LogP contribution in [0.25, 0.3) is 0 Å². The minimum absolute atomic E-state index is 0.0177. The molecule has 7 heteroatoms. The summed E-state index contributed by atoms with van der Waals surface area (Å²) in [7, 11) is 0. The summed E-state index contributed by atoms with van der Waals surface area (Å²) in [5, 5.41) is 3.08. The van der Waals surface area contributed by atoms with Crippen molar-refractivity contribution < 1.29 is 19.1 Å². The Kier molecular flexibility index (Phi) is 6.39. The molecule has 5 fully saturated rings. The van der Waals surface area contributed by atoms with Gasteiger partial charge in [0.1, 0.15) is 18.7 Å². The largest absolute Gasteiger partial charge is 0.368 e. The number of Topliss-reactive ketones (excluding diaryl/α,β-unsaturated/α-hetero) is 1. The zero-order chi connectivity index (χ0) is 23.9. The number of amides is 2. The van der Waals surface area contributed by atoms with Crippen molar-refractivity contribution >= 4 is 17.6 Å². The molecule has 2 amide bonds. The minimum atomic E-state index is -0.580. The van der Waals surface area contributed by atoms with Gasteiger partial charge in [-0.2, -0.15) is 0 Å².